The molecular weight excluding hydrogens is 280 g/mol. The topological polar surface area (TPSA) is 22.1 Å². The molecule has 0 fully saturated rings. The van der Waals surface area contributed by atoms with Crippen LogP contribution in [-0.2, 0) is 17.8 Å². The second-order valence-electron chi connectivity index (χ2n) is 3.94. The van der Waals surface area contributed by atoms with Gasteiger partial charge in [0, 0.05) is 22.4 Å². The first-order chi connectivity index (χ1) is 8.16. The van der Waals surface area contributed by atoms with Crippen LogP contribution in [0, 0.1) is 0 Å². The van der Waals surface area contributed by atoms with Gasteiger partial charge in [0.2, 0.25) is 0 Å². The van der Waals surface area contributed by atoms with Crippen LogP contribution in [0.4, 0.5) is 0 Å². The lowest BCUT2D eigenvalue weighted by Crippen LogP contribution is -2.12. The number of hydrogen-bond donors (Lipinski definition) is 0. The van der Waals surface area contributed by atoms with Gasteiger partial charge in [-0.05, 0) is 12.1 Å². The fourth-order valence-electron chi connectivity index (χ4n) is 2.05. The summed E-state index contributed by atoms with van der Waals surface area (Å²) in [6.45, 7) is 1.17. The minimum Gasteiger partial charge on any atom is -0.376 e. The Morgan fingerprint density at radius 1 is 1.18 bits per heavy atom. The molecule has 88 valence electrons. The molecule has 5 heteroatoms. The fourth-order valence-corrected chi connectivity index (χ4v) is 3.04. The van der Waals surface area contributed by atoms with E-state index in [-0.39, 0.29) is 0 Å². The summed E-state index contributed by atoms with van der Waals surface area (Å²) in [5.41, 5.74) is 2.66. The lowest BCUT2D eigenvalue weighted by molar-refractivity contribution is 0.109. The first-order valence-electron chi connectivity index (χ1n) is 5.20. The van der Waals surface area contributed by atoms with Crippen LogP contribution in [0.5, 0.6) is 0 Å². The molecule has 1 aromatic carbocycles. The molecule has 3 rings (SSSR count). The Morgan fingerprint density at radius 3 is 2.82 bits per heavy atom. The molecule has 0 radical (unpaired) electrons. The van der Waals surface area contributed by atoms with E-state index in [1.54, 1.807) is 12.1 Å². The maximum Gasteiger partial charge on any atom is 0.0750 e. The van der Waals surface area contributed by atoms with Gasteiger partial charge in [-0.15, -0.1) is 0 Å². The van der Waals surface area contributed by atoms with Gasteiger partial charge in [-0.3, -0.25) is 4.98 Å². The zero-order chi connectivity index (χ0) is 12.0. The minimum atomic E-state index is 0.496. The van der Waals surface area contributed by atoms with E-state index in [4.69, 9.17) is 39.5 Å². The van der Waals surface area contributed by atoms with Crippen LogP contribution in [0.2, 0.25) is 15.1 Å². The summed E-state index contributed by atoms with van der Waals surface area (Å²) in [4.78, 5) is 4.56. The molecular formula is C12H8Cl3NO. The maximum atomic E-state index is 6.37. The number of nitrogens with zero attached hydrogens (tertiary/aromatic N) is 1. The van der Waals surface area contributed by atoms with Crippen molar-refractivity contribution in [1.29, 1.82) is 0 Å². The standard InChI is InChI=1S/C12H8Cl3NO/c13-6-3-8(14)11-10(4-6)16-9-1-2-17-5-7(9)12(11)15/h3-4H,1-2,5H2. The predicted octanol–water partition coefficient (Wildman–Crippen LogP) is 4.27. The van der Waals surface area contributed by atoms with Crippen molar-refractivity contribution in [2.45, 2.75) is 13.0 Å². The summed E-state index contributed by atoms with van der Waals surface area (Å²) < 4.78 is 5.40. The molecule has 0 N–H and O–H groups in total. The van der Waals surface area contributed by atoms with Crippen LogP contribution in [-0.4, -0.2) is 11.6 Å². The van der Waals surface area contributed by atoms with Crippen LogP contribution >= 0.6 is 34.8 Å². The number of rotatable bonds is 0. The summed E-state index contributed by atoms with van der Waals surface area (Å²) in [6, 6.07) is 3.46. The summed E-state index contributed by atoms with van der Waals surface area (Å²) >= 11 is 18.5. The van der Waals surface area contributed by atoms with Crippen LogP contribution in [0.3, 0.4) is 0 Å². The van der Waals surface area contributed by atoms with E-state index < -0.39 is 0 Å². The molecule has 2 nitrogen and oxygen atoms in total. The fraction of sp³-hybridized carbons (Fsp3) is 0.250. The number of ether oxygens (including phenoxy) is 1. The molecule has 0 bridgehead atoms. The highest BCUT2D eigenvalue weighted by Gasteiger charge is 2.19. The third-order valence-corrected chi connectivity index (χ3v) is 3.79. The molecule has 0 amide bonds. The van der Waals surface area contributed by atoms with Crippen LogP contribution < -0.4 is 0 Å². The normalized spacial score (nSPS) is 15.0. The number of pyridine rings is 1. The van der Waals surface area contributed by atoms with Gasteiger partial charge in [-0.1, -0.05) is 34.8 Å². The molecule has 0 saturated carbocycles. The molecule has 17 heavy (non-hydrogen) atoms. The number of halogens is 3. The Kier molecular flexibility index (Phi) is 2.91. The lowest BCUT2D eigenvalue weighted by atomic mass is 10.1. The number of benzene rings is 1. The average molecular weight is 289 g/mol. The zero-order valence-electron chi connectivity index (χ0n) is 8.77. The van der Waals surface area contributed by atoms with Gasteiger partial charge in [0.1, 0.15) is 0 Å². The van der Waals surface area contributed by atoms with Gasteiger partial charge in [-0.25, -0.2) is 0 Å². The Morgan fingerprint density at radius 2 is 2.00 bits per heavy atom. The van der Waals surface area contributed by atoms with Gasteiger partial charge >= 0.3 is 0 Å². The monoisotopic (exact) mass is 287 g/mol. The highest BCUT2D eigenvalue weighted by atomic mass is 35.5. The molecule has 1 aliphatic heterocycles. The Bertz CT molecular complexity index is 612. The molecule has 2 heterocycles. The van der Waals surface area contributed by atoms with Gasteiger partial charge in [0.25, 0.3) is 0 Å². The van der Waals surface area contributed by atoms with Crippen molar-refractivity contribution in [3.05, 3.63) is 38.5 Å². The molecule has 0 spiro atoms. The van der Waals surface area contributed by atoms with E-state index in [0.717, 1.165) is 28.6 Å². The molecule has 0 atom stereocenters. The second kappa shape index (κ2) is 4.29. The number of hydrogen-bond acceptors (Lipinski definition) is 2. The van der Waals surface area contributed by atoms with Crippen LogP contribution in [0.25, 0.3) is 10.9 Å². The molecule has 2 aromatic rings. The SMILES string of the molecule is Clc1cc(Cl)c2c(Cl)c3c(nc2c1)CCOC3. The van der Waals surface area contributed by atoms with E-state index >= 15 is 0 Å². The molecule has 0 aliphatic carbocycles. The molecule has 0 unspecified atom stereocenters. The molecule has 1 aromatic heterocycles. The highest BCUT2D eigenvalue weighted by Crippen LogP contribution is 2.36. The van der Waals surface area contributed by atoms with Crippen molar-refractivity contribution in [3.63, 3.8) is 0 Å². The lowest BCUT2D eigenvalue weighted by Gasteiger charge is -2.18. The largest absolute Gasteiger partial charge is 0.376 e. The van der Waals surface area contributed by atoms with Gasteiger partial charge in [0.15, 0.2) is 0 Å². The van der Waals surface area contributed by atoms with Crippen molar-refractivity contribution >= 4 is 45.7 Å². The average Bonchev–Trinajstić information content (AvgIpc) is 2.28. The summed E-state index contributed by atoms with van der Waals surface area (Å²) in [5, 5.41) is 2.48. The number of aromatic nitrogens is 1. The quantitative estimate of drug-likeness (QED) is 0.722. The third kappa shape index (κ3) is 1.89. The second-order valence-corrected chi connectivity index (χ2v) is 5.16. The van der Waals surface area contributed by atoms with Gasteiger partial charge in [0.05, 0.1) is 34.5 Å². The Balaban J connectivity index is 2.40. The first kappa shape index (κ1) is 11.5. The smallest absolute Gasteiger partial charge is 0.0750 e. The Hall–Kier alpha value is -0.540. The van der Waals surface area contributed by atoms with E-state index in [1.807, 2.05) is 0 Å². The van der Waals surface area contributed by atoms with E-state index in [9.17, 15) is 0 Å². The van der Waals surface area contributed by atoms with E-state index in [1.165, 1.54) is 0 Å². The summed E-state index contributed by atoms with van der Waals surface area (Å²) in [7, 11) is 0. The van der Waals surface area contributed by atoms with Crippen LogP contribution in [0.1, 0.15) is 11.3 Å². The maximum absolute atomic E-state index is 6.37. The van der Waals surface area contributed by atoms with Crippen LogP contribution in [0.15, 0.2) is 12.1 Å². The predicted molar refractivity (Wildman–Crippen MR) is 70.1 cm³/mol. The zero-order valence-corrected chi connectivity index (χ0v) is 11.0. The summed E-state index contributed by atoms with van der Waals surface area (Å²) in [6.07, 6.45) is 0.773. The van der Waals surface area contributed by atoms with Crippen molar-refractivity contribution in [1.82, 2.24) is 4.98 Å². The third-order valence-electron chi connectivity index (χ3n) is 2.85. The summed E-state index contributed by atoms with van der Waals surface area (Å²) in [5.74, 6) is 0. The molecule has 1 aliphatic rings. The van der Waals surface area contributed by atoms with E-state index in [2.05, 4.69) is 4.98 Å². The van der Waals surface area contributed by atoms with Crippen molar-refractivity contribution in [3.8, 4) is 0 Å². The first-order valence-corrected chi connectivity index (χ1v) is 6.34. The number of fused-ring (bicyclic) bond motifs is 2. The van der Waals surface area contributed by atoms with Gasteiger partial charge < -0.3 is 4.74 Å². The van der Waals surface area contributed by atoms with E-state index in [0.29, 0.717) is 28.3 Å². The molecule has 0 saturated heterocycles. The van der Waals surface area contributed by atoms with Crippen molar-refractivity contribution in [2.75, 3.05) is 6.61 Å². The van der Waals surface area contributed by atoms with Crippen molar-refractivity contribution < 1.29 is 4.74 Å². The Labute approximate surface area is 113 Å². The van der Waals surface area contributed by atoms with Crippen molar-refractivity contribution in [2.24, 2.45) is 0 Å². The highest BCUT2D eigenvalue weighted by molar-refractivity contribution is 6.43. The minimum absolute atomic E-state index is 0.496. The van der Waals surface area contributed by atoms with Gasteiger partial charge in [-0.2, -0.15) is 0 Å².